The number of carbonyl (C=O) groups is 1. The summed E-state index contributed by atoms with van der Waals surface area (Å²) in [5.74, 6) is -0.899. The number of hydrogen-bond acceptors (Lipinski definition) is 3. The van der Waals surface area contributed by atoms with Crippen molar-refractivity contribution >= 4 is 23.2 Å². The highest BCUT2D eigenvalue weighted by Crippen LogP contribution is 2.25. The van der Waals surface area contributed by atoms with Crippen molar-refractivity contribution in [2.75, 3.05) is 12.4 Å². The number of carbonyl (C=O) groups excluding carboxylic acids is 1. The summed E-state index contributed by atoms with van der Waals surface area (Å²) in [5, 5.41) is 11.0. The molecule has 0 saturated carbocycles. The SMILES string of the molecule is O=C(c1ccc(F)cc1[N+](=O)[O-])N1CCCCC1CCl. The van der Waals surface area contributed by atoms with Crippen molar-refractivity contribution in [1.82, 2.24) is 4.90 Å². The molecule has 1 atom stereocenters. The first-order valence-electron chi connectivity index (χ1n) is 6.35. The van der Waals surface area contributed by atoms with E-state index >= 15 is 0 Å². The number of alkyl halides is 1. The fourth-order valence-electron chi connectivity index (χ4n) is 2.42. The molecule has 1 aliphatic heterocycles. The predicted octanol–water partition coefficient (Wildman–Crippen LogP) is 2.97. The molecule has 1 aliphatic rings. The van der Waals surface area contributed by atoms with E-state index in [9.17, 15) is 19.3 Å². The molecule has 0 aromatic heterocycles. The fraction of sp³-hybridized carbons (Fsp3) is 0.462. The molecule has 1 aromatic carbocycles. The van der Waals surface area contributed by atoms with Crippen LogP contribution in [-0.4, -0.2) is 34.2 Å². The zero-order chi connectivity index (χ0) is 14.7. The van der Waals surface area contributed by atoms with Crippen molar-refractivity contribution in [3.63, 3.8) is 0 Å². The molecular weight excluding hydrogens is 287 g/mol. The summed E-state index contributed by atoms with van der Waals surface area (Å²) in [5.41, 5.74) is -0.595. The Balaban J connectivity index is 2.35. The van der Waals surface area contributed by atoms with Crippen LogP contribution in [0, 0.1) is 15.9 Å². The number of nitro groups is 1. The molecule has 1 saturated heterocycles. The van der Waals surface area contributed by atoms with Crippen LogP contribution in [0.4, 0.5) is 10.1 Å². The number of hydrogen-bond donors (Lipinski definition) is 0. The third-order valence-electron chi connectivity index (χ3n) is 3.45. The standard InChI is InChI=1S/C13H14ClFN2O3/c14-8-10-3-1-2-6-16(10)13(18)11-5-4-9(15)7-12(11)17(19)20/h4-5,7,10H,1-3,6,8H2. The molecule has 1 heterocycles. The highest BCUT2D eigenvalue weighted by molar-refractivity contribution is 6.18. The maximum absolute atomic E-state index is 13.1. The Morgan fingerprint density at radius 1 is 1.50 bits per heavy atom. The number of rotatable bonds is 3. The van der Waals surface area contributed by atoms with E-state index in [4.69, 9.17) is 11.6 Å². The minimum atomic E-state index is -0.740. The number of piperidine rings is 1. The van der Waals surface area contributed by atoms with E-state index in [0.717, 1.165) is 37.5 Å². The highest BCUT2D eigenvalue weighted by Gasteiger charge is 2.31. The lowest BCUT2D eigenvalue weighted by atomic mass is 10.0. The number of nitro benzene ring substituents is 1. The predicted molar refractivity (Wildman–Crippen MR) is 72.4 cm³/mol. The summed E-state index contributed by atoms with van der Waals surface area (Å²) in [7, 11) is 0. The van der Waals surface area contributed by atoms with Crippen LogP contribution in [0.1, 0.15) is 29.6 Å². The molecule has 1 fully saturated rings. The van der Waals surface area contributed by atoms with Crippen LogP contribution < -0.4 is 0 Å². The molecule has 108 valence electrons. The number of likely N-dealkylation sites (tertiary alicyclic amines) is 1. The average Bonchev–Trinajstić information content (AvgIpc) is 2.46. The van der Waals surface area contributed by atoms with E-state index in [1.54, 1.807) is 4.90 Å². The quantitative estimate of drug-likeness (QED) is 0.490. The normalized spacial score (nSPS) is 18.9. The summed E-state index contributed by atoms with van der Waals surface area (Å²) < 4.78 is 13.1. The number of amides is 1. The molecule has 0 bridgehead atoms. The van der Waals surface area contributed by atoms with Crippen molar-refractivity contribution in [3.8, 4) is 0 Å². The van der Waals surface area contributed by atoms with Gasteiger partial charge in [-0.15, -0.1) is 11.6 Å². The second-order valence-electron chi connectivity index (χ2n) is 4.72. The maximum atomic E-state index is 13.1. The van der Waals surface area contributed by atoms with Gasteiger partial charge < -0.3 is 4.90 Å². The van der Waals surface area contributed by atoms with E-state index in [0.29, 0.717) is 12.4 Å². The number of benzene rings is 1. The maximum Gasteiger partial charge on any atom is 0.285 e. The molecule has 0 spiro atoms. The Bertz CT molecular complexity index is 538. The third kappa shape index (κ3) is 2.90. The van der Waals surface area contributed by atoms with Crippen molar-refractivity contribution in [1.29, 1.82) is 0 Å². The Labute approximate surface area is 120 Å². The van der Waals surface area contributed by atoms with Gasteiger partial charge in [0.05, 0.1) is 11.0 Å². The lowest BCUT2D eigenvalue weighted by Gasteiger charge is -2.34. The van der Waals surface area contributed by atoms with Gasteiger partial charge in [-0.1, -0.05) is 0 Å². The molecular formula is C13H14ClFN2O3. The van der Waals surface area contributed by atoms with Crippen LogP contribution in [0.15, 0.2) is 18.2 Å². The van der Waals surface area contributed by atoms with Crippen LogP contribution in [0.5, 0.6) is 0 Å². The average molecular weight is 301 g/mol. The molecule has 5 nitrogen and oxygen atoms in total. The van der Waals surface area contributed by atoms with Crippen molar-refractivity contribution in [3.05, 3.63) is 39.7 Å². The minimum absolute atomic E-state index is 0.0894. The summed E-state index contributed by atoms with van der Waals surface area (Å²) in [6.45, 7) is 0.519. The van der Waals surface area contributed by atoms with Crippen molar-refractivity contribution in [2.45, 2.75) is 25.3 Å². The Morgan fingerprint density at radius 3 is 2.90 bits per heavy atom. The monoisotopic (exact) mass is 300 g/mol. The van der Waals surface area contributed by atoms with Gasteiger partial charge in [0, 0.05) is 18.5 Å². The molecule has 2 rings (SSSR count). The second-order valence-corrected chi connectivity index (χ2v) is 5.03. The smallest absolute Gasteiger partial charge is 0.285 e. The zero-order valence-corrected chi connectivity index (χ0v) is 11.5. The summed E-state index contributed by atoms with van der Waals surface area (Å²) in [6.07, 6.45) is 2.60. The Kier molecular flexibility index (Phi) is 4.54. The lowest BCUT2D eigenvalue weighted by Crippen LogP contribution is -2.44. The third-order valence-corrected chi connectivity index (χ3v) is 3.81. The van der Waals surface area contributed by atoms with Gasteiger partial charge in [0.25, 0.3) is 11.6 Å². The molecule has 7 heteroatoms. The zero-order valence-electron chi connectivity index (χ0n) is 10.7. The van der Waals surface area contributed by atoms with Gasteiger partial charge in [-0.2, -0.15) is 0 Å². The Morgan fingerprint density at radius 2 is 2.25 bits per heavy atom. The van der Waals surface area contributed by atoms with Gasteiger partial charge >= 0.3 is 0 Å². The van der Waals surface area contributed by atoms with Gasteiger partial charge in [0.2, 0.25) is 0 Å². The first-order valence-corrected chi connectivity index (χ1v) is 6.89. The highest BCUT2D eigenvalue weighted by atomic mass is 35.5. The summed E-state index contributed by atoms with van der Waals surface area (Å²) >= 11 is 5.85. The van der Waals surface area contributed by atoms with Crippen LogP contribution in [0.25, 0.3) is 0 Å². The van der Waals surface area contributed by atoms with Crippen LogP contribution in [-0.2, 0) is 0 Å². The van der Waals surface area contributed by atoms with Crippen molar-refractivity contribution in [2.24, 2.45) is 0 Å². The van der Waals surface area contributed by atoms with E-state index in [-0.39, 0.29) is 11.6 Å². The number of halogens is 2. The van der Waals surface area contributed by atoms with Crippen molar-refractivity contribution < 1.29 is 14.1 Å². The lowest BCUT2D eigenvalue weighted by molar-refractivity contribution is -0.385. The molecule has 20 heavy (non-hydrogen) atoms. The second kappa shape index (κ2) is 6.17. The van der Waals surface area contributed by atoms with Crippen LogP contribution in [0.2, 0.25) is 0 Å². The van der Waals surface area contributed by atoms with Crippen LogP contribution in [0.3, 0.4) is 0 Å². The fourth-order valence-corrected chi connectivity index (χ4v) is 2.74. The molecule has 1 unspecified atom stereocenters. The van der Waals surface area contributed by atoms with E-state index in [1.807, 2.05) is 0 Å². The molecule has 1 amide bonds. The molecule has 1 aromatic rings. The largest absolute Gasteiger partial charge is 0.334 e. The molecule has 0 N–H and O–H groups in total. The van der Waals surface area contributed by atoms with Gasteiger partial charge in [-0.3, -0.25) is 14.9 Å². The Hall–Kier alpha value is -1.69. The van der Waals surface area contributed by atoms with E-state index in [1.165, 1.54) is 0 Å². The first kappa shape index (κ1) is 14.7. The minimum Gasteiger partial charge on any atom is -0.334 e. The van der Waals surface area contributed by atoms with Crippen LogP contribution >= 0.6 is 11.6 Å². The summed E-state index contributed by atoms with van der Waals surface area (Å²) in [6, 6.07) is 2.87. The first-order chi connectivity index (χ1) is 9.54. The molecule has 0 aliphatic carbocycles. The van der Waals surface area contributed by atoms with Gasteiger partial charge in [-0.05, 0) is 31.4 Å². The summed E-state index contributed by atoms with van der Waals surface area (Å²) in [4.78, 5) is 24.2. The topological polar surface area (TPSA) is 63.4 Å². The van der Waals surface area contributed by atoms with Gasteiger partial charge in [0.1, 0.15) is 11.4 Å². The number of nitrogens with zero attached hydrogens (tertiary/aromatic N) is 2. The van der Waals surface area contributed by atoms with Gasteiger partial charge in [-0.25, -0.2) is 4.39 Å². The van der Waals surface area contributed by atoms with Gasteiger partial charge in [0.15, 0.2) is 0 Å². The van der Waals surface area contributed by atoms with E-state index in [2.05, 4.69) is 0 Å². The van der Waals surface area contributed by atoms with E-state index < -0.39 is 22.3 Å². The molecule has 0 radical (unpaired) electrons.